The van der Waals surface area contributed by atoms with Gasteiger partial charge in [0.2, 0.25) is 0 Å². The van der Waals surface area contributed by atoms with Crippen LogP contribution in [0.5, 0.6) is 0 Å². The molecule has 0 spiro atoms. The lowest BCUT2D eigenvalue weighted by Gasteiger charge is -2.28. The van der Waals surface area contributed by atoms with Crippen LogP contribution in [0.25, 0.3) is 66.6 Å². The fourth-order valence-corrected chi connectivity index (χ4v) is 12.9. The van der Waals surface area contributed by atoms with Crippen molar-refractivity contribution in [2.45, 2.75) is 72.1 Å². The molecule has 0 atom stereocenters. The first-order chi connectivity index (χ1) is 37.4. The van der Waals surface area contributed by atoms with Crippen LogP contribution in [0.3, 0.4) is 0 Å². The normalized spacial score (nSPS) is 14.8. The van der Waals surface area contributed by atoms with Crippen molar-refractivity contribution in [2.75, 3.05) is 9.80 Å². The van der Waals surface area contributed by atoms with Crippen LogP contribution in [0.1, 0.15) is 85.5 Å². The molecule has 2 heteroatoms. The van der Waals surface area contributed by atoms with E-state index >= 15 is 0 Å². The molecule has 3 aliphatic rings. The van der Waals surface area contributed by atoms with Crippen LogP contribution in [-0.4, -0.2) is 0 Å². The number of hydrogen-bond acceptors (Lipinski definition) is 2. The summed E-state index contributed by atoms with van der Waals surface area (Å²) in [7, 11) is 0. The first-order valence-electron chi connectivity index (χ1n) is 27.5. The van der Waals surface area contributed by atoms with E-state index in [9.17, 15) is 0 Å². The Bertz CT molecular complexity index is 4090. The highest BCUT2D eigenvalue weighted by Crippen LogP contribution is 2.53. The molecule has 0 heterocycles. The van der Waals surface area contributed by atoms with Crippen molar-refractivity contribution in [3.63, 3.8) is 0 Å². The van der Waals surface area contributed by atoms with Gasteiger partial charge in [-0.05, 0) is 218 Å². The standard InChI is InChI=1S/C75H64N2/c1-8-55(76(56-19-11-9-12-20-56)58-34-27-49(2)28-35-58)38-31-53-48-74(4,5)70-45-51(32-40-61(53)70)68-43-54-44-69(63-24-16-18-26-67(63)73(54)66-25-17-15-23-62(66)68)52-33-41-64-65-42-39-60(47-72(65)75(6,7)71(64)46-52)77(57-21-13-10-14-22-57)59-36-29-50(3)30-37-59/h8-15,17-23,25-48H,16,24H2,1-7H3/b38-31-,55-8+. The van der Waals surface area contributed by atoms with Gasteiger partial charge in [-0.3, -0.25) is 0 Å². The van der Waals surface area contributed by atoms with Crippen LogP contribution < -0.4 is 9.80 Å². The summed E-state index contributed by atoms with van der Waals surface area (Å²) in [5, 5.41) is 5.23. The van der Waals surface area contributed by atoms with Crippen molar-refractivity contribution >= 4 is 61.6 Å². The topological polar surface area (TPSA) is 6.48 Å². The van der Waals surface area contributed by atoms with E-state index in [4.69, 9.17) is 0 Å². The molecule has 0 N–H and O–H groups in total. The zero-order chi connectivity index (χ0) is 52.6. The molecular weight excluding hydrogens is 929 g/mol. The van der Waals surface area contributed by atoms with Crippen molar-refractivity contribution in [1.82, 2.24) is 0 Å². The highest BCUT2D eigenvalue weighted by Gasteiger charge is 2.37. The number of rotatable bonds is 10. The molecule has 0 amide bonds. The minimum absolute atomic E-state index is 0.161. The number of fused-ring (bicyclic) bond motifs is 9. The molecule has 0 fully saturated rings. The Hall–Kier alpha value is -8.72. The molecule has 10 aromatic rings. The quantitative estimate of drug-likeness (QED) is 0.0995. The molecule has 0 saturated carbocycles. The first kappa shape index (κ1) is 48.0. The summed E-state index contributed by atoms with van der Waals surface area (Å²) in [5.41, 5.74) is 26.2. The third-order valence-electron chi connectivity index (χ3n) is 16.8. The van der Waals surface area contributed by atoms with E-state index < -0.39 is 0 Å². The van der Waals surface area contributed by atoms with Crippen LogP contribution in [0.15, 0.2) is 236 Å². The lowest BCUT2D eigenvalue weighted by atomic mass is 9.79. The molecule has 0 unspecified atom stereocenters. The maximum atomic E-state index is 2.52. The van der Waals surface area contributed by atoms with Gasteiger partial charge in [-0.25, -0.2) is 0 Å². The van der Waals surface area contributed by atoms with Crippen LogP contribution in [0, 0.1) is 13.8 Å². The van der Waals surface area contributed by atoms with Crippen molar-refractivity contribution in [2.24, 2.45) is 0 Å². The number of hydrogen-bond donors (Lipinski definition) is 0. The number of anilines is 5. The number of aryl methyl sites for hydroxylation is 2. The maximum Gasteiger partial charge on any atom is 0.0465 e. The van der Waals surface area contributed by atoms with E-state index in [0.29, 0.717) is 0 Å². The molecule has 10 aromatic carbocycles. The van der Waals surface area contributed by atoms with Gasteiger partial charge in [0.25, 0.3) is 0 Å². The Labute approximate surface area is 455 Å². The molecule has 0 radical (unpaired) electrons. The molecule has 3 aliphatic carbocycles. The number of para-hydroxylation sites is 2. The van der Waals surface area contributed by atoms with E-state index in [1.807, 2.05) is 0 Å². The lowest BCUT2D eigenvalue weighted by molar-refractivity contribution is 0.660. The molecule has 374 valence electrons. The SMILES string of the molecule is C/C=C(\C=C/C1=CC(C)(C)c2cc(-c3cc4cc(-c5ccc6c(c5)C(C)(C)c5cc(N(c7ccccc7)c7ccc(C)cc7)ccc5-6)c5c(c4c4ccccc34)C=CCC5)ccc21)N(c1ccccc1)c1ccc(C)cc1. The largest absolute Gasteiger partial charge is 0.311 e. The molecule has 0 bridgehead atoms. The number of benzene rings is 10. The highest BCUT2D eigenvalue weighted by molar-refractivity contribution is 6.18. The van der Waals surface area contributed by atoms with Crippen LogP contribution >= 0.6 is 0 Å². The predicted molar refractivity (Wildman–Crippen MR) is 330 cm³/mol. The molecule has 0 aromatic heterocycles. The van der Waals surface area contributed by atoms with Crippen LogP contribution in [0.2, 0.25) is 0 Å². The van der Waals surface area contributed by atoms with Gasteiger partial charge in [-0.1, -0.05) is 184 Å². The Morgan fingerprint density at radius 1 is 0.494 bits per heavy atom. The Morgan fingerprint density at radius 2 is 1.04 bits per heavy atom. The zero-order valence-corrected chi connectivity index (χ0v) is 45.3. The van der Waals surface area contributed by atoms with Gasteiger partial charge in [-0.2, -0.15) is 0 Å². The summed E-state index contributed by atoms with van der Waals surface area (Å²) >= 11 is 0. The minimum atomic E-state index is -0.211. The second kappa shape index (κ2) is 18.8. The van der Waals surface area contributed by atoms with Crippen molar-refractivity contribution in [3.05, 3.63) is 281 Å². The van der Waals surface area contributed by atoms with Gasteiger partial charge in [0.05, 0.1) is 0 Å². The molecular formula is C75H64N2. The fraction of sp³-hybridized carbons (Fsp3) is 0.147. The third-order valence-corrected chi connectivity index (χ3v) is 16.8. The van der Waals surface area contributed by atoms with E-state index in [1.165, 1.54) is 111 Å². The van der Waals surface area contributed by atoms with Crippen molar-refractivity contribution in [1.29, 1.82) is 0 Å². The highest BCUT2D eigenvalue weighted by atomic mass is 15.1. The van der Waals surface area contributed by atoms with Gasteiger partial charge in [0.1, 0.15) is 0 Å². The second-order valence-corrected chi connectivity index (χ2v) is 22.6. The van der Waals surface area contributed by atoms with E-state index in [1.54, 1.807) is 0 Å². The second-order valence-electron chi connectivity index (χ2n) is 22.6. The van der Waals surface area contributed by atoms with Gasteiger partial charge in [0, 0.05) is 45.0 Å². The summed E-state index contributed by atoms with van der Waals surface area (Å²) < 4.78 is 0. The van der Waals surface area contributed by atoms with Crippen LogP contribution in [-0.2, 0) is 17.3 Å². The monoisotopic (exact) mass is 993 g/mol. The lowest BCUT2D eigenvalue weighted by Crippen LogP contribution is -2.16. The predicted octanol–water partition coefficient (Wildman–Crippen LogP) is 20.7. The summed E-state index contributed by atoms with van der Waals surface area (Å²) in [6, 6.07) is 74.9. The van der Waals surface area contributed by atoms with E-state index in [0.717, 1.165) is 41.3 Å². The molecule has 0 aliphatic heterocycles. The van der Waals surface area contributed by atoms with Gasteiger partial charge < -0.3 is 9.80 Å². The number of nitrogens with zero attached hydrogens (tertiary/aromatic N) is 2. The minimum Gasteiger partial charge on any atom is -0.311 e. The molecule has 2 nitrogen and oxygen atoms in total. The Kier molecular flexibility index (Phi) is 11.7. The smallest absolute Gasteiger partial charge is 0.0465 e. The third kappa shape index (κ3) is 8.26. The Balaban J connectivity index is 0.879. The summed E-state index contributed by atoms with van der Waals surface area (Å²) in [6.07, 6.45) is 16.1. The summed E-state index contributed by atoms with van der Waals surface area (Å²) in [6.45, 7) is 16.0. The van der Waals surface area contributed by atoms with Gasteiger partial charge in [-0.15, -0.1) is 0 Å². The Morgan fingerprint density at radius 3 is 1.74 bits per heavy atom. The van der Waals surface area contributed by atoms with E-state index in [2.05, 4.69) is 295 Å². The average Bonchev–Trinajstić information content (AvgIpc) is 3.96. The number of allylic oxidation sites excluding steroid dienone is 6. The van der Waals surface area contributed by atoms with Gasteiger partial charge in [0.15, 0.2) is 0 Å². The average molecular weight is 993 g/mol. The van der Waals surface area contributed by atoms with E-state index in [-0.39, 0.29) is 10.8 Å². The van der Waals surface area contributed by atoms with Crippen molar-refractivity contribution < 1.29 is 0 Å². The summed E-state index contributed by atoms with van der Waals surface area (Å²) in [4.78, 5) is 4.73. The molecule has 0 saturated heterocycles. The van der Waals surface area contributed by atoms with Crippen molar-refractivity contribution in [3.8, 4) is 33.4 Å². The first-order valence-corrected chi connectivity index (χ1v) is 27.5. The molecule has 77 heavy (non-hydrogen) atoms. The maximum absolute atomic E-state index is 2.52. The van der Waals surface area contributed by atoms with Gasteiger partial charge >= 0.3 is 0 Å². The van der Waals surface area contributed by atoms with Crippen LogP contribution in [0.4, 0.5) is 28.4 Å². The fourth-order valence-electron chi connectivity index (χ4n) is 12.9. The summed E-state index contributed by atoms with van der Waals surface area (Å²) in [5.74, 6) is 0. The molecule has 13 rings (SSSR count). The zero-order valence-electron chi connectivity index (χ0n) is 45.3.